The SMILES string of the molecule is N#CCC(=C(C#N)C#N)c1ccc([N+](=O)[O-])cc1. The van der Waals surface area contributed by atoms with Gasteiger partial charge in [0.05, 0.1) is 17.4 Å². The fourth-order valence-corrected chi connectivity index (χ4v) is 1.36. The lowest BCUT2D eigenvalue weighted by Crippen LogP contribution is -1.91. The second-order valence-electron chi connectivity index (χ2n) is 3.22. The van der Waals surface area contributed by atoms with Crippen LogP contribution in [0.5, 0.6) is 0 Å². The standard InChI is InChI=1S/C12H6N4O2/c13-6-5-12(10(7-14)8-15)9-1-3-11(4-2-9)16(17)18/h1-4H,5H2. The summed E-state index contributed by atoms with van der Waals surface area (Å²) in [5.41, 5.74) is 0.480. The highest BCUT2D eigenvalue weighted by Gasteiger charge is 2.11. The predicted octanol–water partition coefficient (Wildman–Crippen LogP) is 2.31. The normalized spacial score (nSPS) is 8.50. The quantitative estimate of drug-likeness (QED) is 0.455. The zero-order valence-corrected chi connectivity index (χ0v) is 9.12. The van der Waals surface area contributed by atoms with Crippen LogP contribution in [-0.2, 0) is 0 Å². The molecule has 0 aromatic heterocycles. The summed E-state index contributed by atoms with van der Waals surface area (Å²) in [7, 11) is 0. The summed E-state index contributed by atoms with van der Waals surface area (Å²) in [4.78, 5) is 9.94. The van der Waals surface area contributed by atoms with Crippen LogP contribution in [0, 0.1) is 44.1 Å². The summed E-state index contributed by atoms with van der Waals surface area (Å²) >= 11 is 0. The van der Waals surface area contributed by atoms with Gasteiger partial charge in [0, 0.05) is 17.7 Å². The number of benzene rings is 1. The van der Waals surface area contributed by atoms with Crippen LogP contribution in [0.25, 0.3) is 5.57 Å². The Labute approximate surface area is 103 Å². The molecule has 86 valence electrons. The summed E-state index contributed by atoms with van der Waals surface area (Å²) in [6.07, 6.45) is -0.103. The van der Waals surface area contributed by atoms with Crippen molar-refractivity contribution in [2.75, 3.05) is 0 Å². The number of nitrogens with zero attached hydrogens (tertiary/aromatic N) is 4. The van der Waals surface area contributed by atoms with Crippen molar-refractivity contribution in [2.45, 2.75) is 6.42 Å². The largest absolute Gasteiger partial charge is 0.269 e. The van der Waals surface area contributed by atoms with Gasteiger partial charge in [-0.05, 0) is 17.7 Å². The Morgan fingerprint density at radius 2 is 1.72 bits per heavy atom. The molecule has 0 amide bonds. The van der Waals surface area contributed by atoms with Gasteiger partial charge in [-0.3, -0.25) is 10.1 Å². The zero-order chi connectivity index (χ0) is 13.5. The molecule has 18 heavy (non-hydrogen) atoms. The van der Waals surface area contributed by atoms with Crippen molar-refractivity contribution in [3.05, 3.63) is 45.5 Å². The van der Waals surface area contributed by atoms with Crippen molar-refractivity contribution in [1.82, 2.24) is 0 Å². The lowest BCUT2D eigenvalue weighted by atomic mass is 9.98. The summed E-state index contributed by atoms with van der Waals surface area (Å²) in [6, 6.07) is 10.6. The Morgan fingerprint density at radius 3 is 2.11 bits per heavy atom. The molecule has 0 saturated carbocycles. The van der Waals surface area contributed by atoms with E-state index in [0.29, 0.717) is 5.56 Å². The number of non-ortho nitro benzene ring substituents is 1. The molecule has 0 aliphatic rings. The van der Waals surface area contributed by atoms with Crippen molar-refractivity contribution in [2.24, 2.45) is 0 Å². The number of nitro groups is 1. The van der Waals surface area contributed by atoms with Gasteiger partial charge in [0.2, 0.25) is 0 Å². The number of hydrogen-bond donors (Lipinski definition) is 0. The maximum Gasteiger partial charge on any atom is 0.269 e. The van der Waals surface area contributed by atoms with Gasteiger partial charge in [-0.1, -0.05) is 0 Å². The fourth-order valence-electron chi connectivity index (χ4n) is 1.36. The van der Waals surface area contributed by atoms with Gasteiger partial charge in [-0.2, -0.15) is 15.8 Å². The third-order valence-electron chi connectivity index (χ3n) is 2.21. The Hall–Kier alpha value is -3.17. The highest BCUT2D eigenvalue weighted by atomic mass is 16.6. The molecule has 0 radical (unpaired) electrons. The Kier molecular flexibility index (Phi) is 4.15. The van der Waals surface area contributed by atoms with Crippen LogP contribution in [0.2, 0.25) is 0 Å². The Bertz CT molecular complexity index is 608. The molecule has 1 aromatic rings. The van der Waals surface area contributed by atoms with Crippen molar-refractivity contribution in [1.29, 1.82) is 15.8 Å². The highest BCUT2D eigenvalue weighted by molar-refractivity contribution is 5.76. The lowest BCUT2D eigenvalue weighted by Gasteiger charge is -2.02. The van der Waals surface area contributed by atoms with Crippen LogP contribution in [-0.4, -0.2) is 4.92 Å². The molecule has 0 saturated heterocycles. The molecule has 0 unspecified atom stereocenters. The van der Waals surface area contributed by atoms with E-state index >= 15 is 0 Å². The molecule has 6 heteroatoms. The number of allylic oxidation sites excluding steroid dienone is 2. The average Bonchev–Trinajstić information content (AvgIpc) is 2.39. The van der Waals surface area contributed by atoms with Gasteiger partial charge < -0.3 is 0 Å². The molecule has 0 bridgehead atoms. The van der Waals surface area contributed by atoms with Gasteiger partial charge in [0.1, 0.15) is 17.7 Å². The molecule has 1 rings (SSSR count). The van der Waals surface area contributed by atoms with Crippen LogP contribution in [0.4, 0.5) is 5.69 Å². The Balaban J connectivity index is 3.30. The second kappa shape index (κ2) is 5.79. The minimum absolute atomic E-state index is 0.0921. The van der Waals surface area contributed by atoms with Crippen LogP contribution in [0.1, 0.15) is 12.0 Å². The van der Waals surface area contributed by atoms with Crippen molar-refractivity contribution in [3.8, 4) is 18.2 Å². The zero-order valence-electron chi connectivity index (χ0n) is 9.12. The van der Waals surface area contributed by atoms with Gasteiger partial charge in [0.15, 0.2) is 0 Å². The molecule has 0 N–H and O–H groups in total. The molecular weight excluding hydrogens is 232 g/mol. The minimum Gasteiger partial charge on any atom is -0.258 e. The minimum atomic E-state index is -0.549. The molecule has 0 aliphatic heterocycles. The number of rotatable bonds is 3. The van der Waals surface area contributed by atoms with Gasteiger partial charge in [-0.25, -0.2) is 0 Å². The van der Waals surface area contributed by atoms with E-state index in [-0.39, 0.29) is 23.3 Å². The van der Waals surface area contributed by atoms with Crippen LogP contribution < -0.4 is 0 Å². The first-order valence-corrected chi connectivity index (χ1v) is 4.79. The third-order valence-corrected chi connectivity index (χ3v) is 2.21. The van der Waals surface area contributed by atoms with Gasteiger partial charge in [-0.15, -0.1) is 0 Å². The van der Waals surface area contributed by atoms with Crippen molar-refractivity contribution < 1.29 is 4.92 Å². The first-order chi connectivity index (χ1) is 8.63. The molecular formula is C12H6N4O2. The van der Waals surface area contributed by atoms with Crippen molar-refractivity contribution in [3.63, 3.8) is 0 Å². The molecule has 0 aliphatic carbocycles. The van der Waals surface area contributed by atoms with E-state index in [1.165, 1.54) is 24.3 Å². The molecule has 0 fully saturated rings. The first-order valence-electron chi connectivity index (χ1n) is 4.79. The maximum atomic E-state index is 10.5. The lowest BCUT2D eigenvalue weighted by molar-refractivity contribution is -0.384. The average molecular weight is 238 g/mol. The molecule has 0 atom stereocenters. The topological polar surface area (TPSA) is 115 Å². The summed E-state index contributed by atoms with van der Waals surface area (Å²) < 4.78 is 0. The van der Waals surface area contributed by atoms with E-state index in [0.717, 1.165) is 0 Å². The summed E-state index contributed by atoms with van der Waals surface area (Å²) in [5, 5.41) is 36.7. The molecule has 6 nitrogen and oxygen atoms in total. The van der Waals surface area contributed by atoms with Crippen molar-refractivity contribution >= 4 is 11.3 Å². The summed E-state index contributed by atoms with van der Waals surface area (Å²) in [6.45, 7) is 0. The third kappa shape index (κ3) is 2.69. The molecule has 1 aromatic carbocycles. The van der Waals surface area contributed by atoms with Gasteiger partial charge >= 0.3 is 0 Å². The van der Waals surface area contributed by atoms with E-state index in [9.17, 15) is 10.1 Å². The van der Waals surface area contributed by atoms with E-state index < -0.39 is 4.92 Å². The monoisotopic (exact) mass is 238 g/mol. The number of nitro benzene ring substituents is 1. The first kappa shape index (κ1) is 12.9. The van der Waals surface area contributed by atoms with E-state index in [2.05, 4.69) is 0 Å². The van der Waals surface area contributed by atoms with E-state index in [1.54, 1.807) is 12.1 Å². The second-order valence-corrected chi connectivity index (χ2v) is 3.22. The molecule has 0 spiro atoms. The summed E-state index contributed by atoms with van der Waals surface area (Å²) in [5.74, 6) is 0. The number of nitriles is 3. The smallest absolute Gasteiger partial charge is 0.258 e. The molecule has 0 heterocycles. The maximum absolute atomic E-state index is 10.5. The number of hydrogen-bond acceptors (Lipinski definition) is 5. The van der Waals surface area contributed by atoms with E-state index in [1.807, 2.05) is 6.07 Å². The van der Waals surface area contributed by atoms with Crippen LogP contribution in [0.3, 0.4) is 0 Å². The van der Waals surface area contributed by atoms with Gasteiger partial charge in [0.25, 0.3) is 5.69 Å². The van der Waals surface area contributed by atoms with E-state index in [4.69, 9.17) is 15.8 Å². The fraction of sp³-hybridized carbons (Fsp3) is 0.0833. The highest BCUT2D eigenvalue weighted by Crippen LogP contribution is 2.24. The Morgan fingerprint density at radius 1 is 1.17 bits per heavy atom. The predicted molar refractivity (Wildman–Crippen MR) is 61.5 cm³/mol. The van der Waals surface area contributed by atoms with Crippen LogP contribution >= 0.6 is 0 Å². The van der Waals surface area contributed by atoms with Crippen LogP contribution in [0.15, 0.2) is 29.8 Å².